The van der Waals surface area contributed by atoms with Crippen molar-refractivity contribution < 1.29 is 14.6 Å². The van der Waals surface area contributed by atoms with Crippen LogP contribution in [-0.4, -0.2) is 40.8 Å². The number of benzene rings is 2. The number of aliphatic hydroxyl groups is 1. The zero-order chi connectivity index (χ0) is 26.0. The van der Waals surface area contributed by atoms with Crippen LogP contribution in [0.4, 0.5) is 5.69 Å². The molecule has 37 heavy (non-hydrogen) atoms. The fourth-order valence-electron chi connectivity index (χ4n) is 6.07. The Morgan fingerprint density at radius 3 is 2.76 bits per heavy atom. The molecule has 1 fully saturated rings. The van der Waals surface area contributed by atoms with Gasteiger partial charge in [-0.1, -0.05) is 37.1 Å². The minimum Gasteiger partial charge on any atom is -0.490 e. The third-order valence-electron chi connectivity index (χ3n) is 7.95. The lowest BCUT2D eigenvalue weighted by molar-refractivity contribution is -0.120. The molecule has 1 atom stereocenters. The van der Waals surface area contributed by atoms with Gasteiger partial charge in [0, 0.05) is 46.9 Å². The van der Waals surface area contributed by atoms with E-state index in [9.17, 15) is 9.90 Å². The van der Waals surface area contributed by atoms with Crippen LogP contribution in [0.3, 0.4) is 0 Å². The van der Waals surface area contributed by atoms with Gasteiger partial charge < -0.3 is 25.5 Å². The number of hydrogen-bond acceptors (Lipinski definition) is 4. The van der Waals surface area contributed by atoms with Crippen LogP contribution in [0.1, 0.15) is 62.6 Å². The lowest BCUT2D eigenvalue weighted by Gasteiger charge is -2.28. The Morgan fingerprint density at radius 2 is 1.97 bits per heavy atom. The number of fused-ring (bicyclic) bond motifs is 3. The van der Waals surface area contributed by atoms with Crippen molar-refractivity contribution in [1.29, 1.82) is 0 Å². The lowest BCUT2D eigenvalue weighted by Crippen LogP contribution is -2.46. The van der Waals surface area contributed by atoms with Crippen molar-refractivity contribution in [3.8, 4) is 18.1 Å². The highest BCUT2D eigenvalue weighted by Gasteiger charge is 2.50. The highest BCUT2D eigenvalue weighted by Crippen LogP contribution is 2.52. The zero-order valence-electron chi connectivity index (χ0n) is 21.8. The van der Waals surface area contributed by atoms with Gasteiger partial charge in [-0.3, -0.25) is 4.79 Å². The summed E-state index contributed by atoms with van der Waals surface area (Å²) >= 11 is 0. The molecule has 1 aromatic heterocycles. The van der Waals surface area contributed by atoms with Crippen molar-refractivity contribution in [1.82, 2.24) is 10.3 Å². The quantitative estimate of drug-likeness (QED) is 0.301. The number of aliphatic hydroxyl groups excluding tert-OH is 1. The SMILES string of the molecule is C#CCCc1cccc2c(CC(C)(C)NC[C@H](O)COc3cccc4c3C3(CCCC3)C(=O)N4)c[nH]c12. The zero-order valence-corrected chi connectivity index (χ0v) is 21.8. The van der Waals surface area contributed by atoms with Crippen LogP contribution in [0, 0.1) is 12.3 Å². The molecule has 0 saturated heterocycles. The first-order valence-electron chi connectivity index (χ1n) is 13.4. The van der Waals surface area contributed by atoms with E-state index in [-0.39, 0.29) is 18.1 Å². The topological polar surface area (TPSA) is 86.4 Å². The van der Waals surface area contributed by atoms with E-state index in [1.165, 1.54) is 16.5 Å². The van der Waals surface area contributed by atoms with Crippen LogP contribution in [0.5, 0.6) is 5.75 Å². The molecular formula is C31H37N3O3. The predicted molar refractivity (Wildman–Crippen MR) is 148 cm³/mol. The number of nitrogens with one attached hydrogen (secondary N) is 3. The molecule has 0 radical (unpaired) electrons. The van der Waals surface area contributed by atoms with Crippen molar-refractivity contribution in [2.75, 3.05) is 18.5 Å². The fourth-order valence-corrected chi connectivity index (χ4v) is 6.07. The molecule has 1 aliphatic carbocycles. The average molecular weight is 500 g/mol. The van der Waals surface area contributed by atoms with Gasteiger partial charge in [-0.25, -0.2) is 0 Å². The van der Waals surface area contributed by atoms with E-state index in [1.54, 1.807) is 0 Å². The van der Waals surface area contributed by atoms with E-state index < -0.39 is 11.5 Å². The Morgan fingerprint density at radius 1 is 1.19 bits per heavy atom. The number of amides is 1. The molecule has 1 spiro atoms. The van der Waals surface area contributed by atoms with E-state index >= 15 is 0 Å². The van der Waals surface area contributed by atoms with Crippen molar-refractivity contribution in [3.05, 3.63) is 59.3 Å². The first kappa shape index (κ1) is 25.4. The second-order valence-corrected chi connectivity index (χ2v) is 11.2. The monoisotopic (exact) mass is 499 g/mol. The van der Waals surface area contributed by atoms with Gasteiger partial charge in [0.05, 0.1) is 5.41 Å². The molecule has 0 unspecified atom stereocenters. The Kier molecular flexibility index (Phi) is 7.02. The van der Waals surface area contributed by atoms with Crippen molar-refractivity contribution in [3.63, 3.8) is 0 Å². The number of rotatable bonds is 10. The number of carbonyl (C=O) groups excluding carboxylic acids is 1. The standard InChI is InChI=1S/C31H37N3O3/c1-4-5-10-21-11-8-12-24-22(18-32-28(21)24)17-30(2,3)33-19-23(35)20-37-26-14-9-13-25-27(26)31(29(36)34-25)15-6-7-16-31/h1,8-9,11-14,18,23,32-33,35H,5-7,10,15-17,19-20H2,2-3H3,(H,34,36)/t23-/m0/s1. The molecule has 2 aliphatic rings. The number of hydrogen-bond donors (Lipinski definition) is 4. The average Bonchev–Trinajstić information content (AvgIpc) is 3.60. The number of carbonyl (C=O) groups is 1. The van der Waals surface area contributed by atoms with Gasteiger partial charge in [0.25, 0.3) is 0 Å². The van der Waals surface area contributed by atoms with E-state index in [0.29, 0.717) is 12.3 Å². The van der Waals surface area contributed by atoms with Gasteiger partial charge >= 0.3 is 0 Å². The summed E-state index contributed by atoms with van der Waals surface area (Å²) in [6.45, 7) is 4.86. The van der Waals surface area contributed by atoms with Crippen LogP contribution in [0.25, 0.3) is 10.9 Å². The van der Waals surface area contributed by atoms with Crippen LogP contribution >= 0.6 is 0 Å². The van der Waals surface area contributed by atoms with E-state index in [4.69, 9.17) is 11.2 Å². The minimum absolute atomic E-state index is 0.0838. The maximum Gasteiger partial charge on any atom is 0.235 e. The Labute approximate surface area is 219 Å². The lowest BCUT2D eigenvalue weighted by atomic mass is 9.79. The summed E-state index contributed by atoms with van der Waals surface area (Å²) in [5, 5.41) is 18.5. The van der Waals surface area contributed by atoms with Crippen molar-refractivity contribution in [2.24, 2.45) is 0 Å². The van der Waals surface area contributed by atoms with Gasteiger partial charge in [-0.05, 0) is 62.8 Å². The molecule has 6 heteroatoms. The third kappa shape index (κ3) is 4.99. The predicted octanol–water partition coefficient (Wildman–Crippen LogP) is 4.85. The maximum atomic E-state index is 12.8. The molecule has 1 amide bonds. The first-order valence-corrected chi connectivity index (χ1v) is 13.4. The number of para-hydroxylation sites is 1. The van der Waals surface area contributed by atoms with E-state index in [2.05, 4.69) is 59.8 Å². The summed E-state index contributed by atoms with van der Waals surface area (Å²) in [6, 6.07) is 12.1. The van der Waals surface area contributed by atoms with Gasteiger partial charge in [0.2, 0.25) is 5.91 Å². The number of aromatic amines is 1. The number of anilines is 1. The number of terminal acetylenes is 1. The molecule has 4 N–H and O–H groups in total. The van der Waals surface area contributed by atoms with E-state index in [0.717, 1.165) is 61.7 Å². The number of aryl methyl sites for hydroxylation is 1. The highest BCUT2D eigenvalue weighted by atomic mass is 16.5. The summed E-state index contributed by atoms with van der Waals surface area (Å²) in [4.78, 5) is 16.2. The second-order valence-electron chi connectivity index (χ2n) is 11.2. The van der Waals surface area contributed by atoms with Crippen LogP contribution < -0.4 is 15.4 Å². The van der Waals surface area contributed by atoms with Gasteiger partial charge in [-0.2, -0.15) is 0 Å². The van der Waals surface area contributed by atoms with E-state index in [1.807, 2.05) is 18.2 Å². The molecule has 5 rings (SSSR count). The molecule has 194 valence electrons. The normalized spacial score (nSPS) is 17.1. The number of H-pyrrole nitrogens is 1. The molecule has 6 nitrogen and oxygen atoms in total. The second kappa shape index (κ2) is 10.2. The van der Waals surface area contributed by atoms with Gasteiger partial charge in [0.15, 0.2) is 0 Å². The number of β-amino-alcohol motifs (C(OH)–C–C–N with tert-alkyl or cyclic N) is 1. The number of aromatic nitrogens is 1. The fraction of sp³-hybridized carbons (Fsp3) is 0.452. The largest absolute Gasteiger partial charge is 0.490 e. The molecule has 1 aliphatic heterocycles. The Balaban J connectivity index is 1.20. The van der Waals surface area contributed by atoms with Crippen LogP contribution in [-0.2, 0) is 23.1 Å². The van der Waals surface area contributed by atoms with Crippen LogP contribution in [0.15, 0.2) is 42.6 Å². The summed E-state index contributed by atoms with van der Waals surface area (Å²) in [5.41, 5.74) is 4.74. The summed E-state index contributed by atoms with van der Waals surface area (Å²) < 4.78 is 6.12. The number of ether oxygens (including phenoxy) is 1. The summed E-state index contributed by atoms with van der Waals surface area (Å²) in [5.74, 6) is 3.51. The smallest absolute Gasteiger partial charge is 0.235 e. The molecular weight excluding hydrogens is 462 g/mol. The molecule has 0 bridgehead atoms. The molecule has 3 aromatic rings. The molecule has 2 aromatic carbocycles. The maximum absolute atomic E-state index is 12.8. The first-order chi connectivity index (χ1) is 17.8. The van der Waals surface area contributed by atoms with Gasteiger partial charge in [0.1, 0.15) is 18.5 Å². The van der Waals surface area contributed by atoms with Crippen LogP contribution in [0.2, 0.25) is 0 Å². The van der Waals surface area contributed by atoms with Crippen molar-refractivity contribution in [2.45, 2.75) is 75.9 Å². The summed E-state index contributed by atoms with van der Waals surface area (Å²) in [6.07, 6.45) is 13.0. The summed E-state index contributed by atoms with van der Waals surface area (Å²) in [7, 11) is 0. The third-order valence-corrected chi connectivity index (χ3v) is 7.95. The minimum atomic E-state index is -0.682. The Hall–Kier alpha value is -3.27. The van der Waals surface area contributed by atoms with Gasteiger partial charge in [-0.15, -0.1) is 12.3 Å². The highest BCUT2D eigenvalue weighted by molar-refractivity contribution is 6.07. The Bertz CT molecular complexity index is 1330. The van der Waals surface area contributed by atoms with Crippen molar-refractivity contribution >= 4 is 22.5 Å². The molecule has 1 saturated carbocycles. The molecule has 2 heterocycles.